The summed E-state index contributed by atoms with van der Waals surface area (Å²) in [4.78, 5) is 33.1. The van der Waals surface area contributed by atoms with Crippen LogP contribution in [0, 0.1) is 6.92 Å². The second-order valence-electron chi connectivity index (χ2n) is 9.31. The van der Waals surface area contributed by atoms with Gasteiger partial charge in [0.25, 0.3) is 5.78 Å². The highest BCUT2D eigenvalue weighted by Crippen LogP contribution is 2.45. The molecule has 1 amide bonds. The van der Waals surface area contributed by atoms with Crippen LogP contribution in [0.5, 0.6) is 5.75 Å². The Hall–Kier alpha value is -3.49. The van der Waals surface area contributed by atoms with Gasteiger partial charge in [-0.3, -0.25) is 14.5 Å². The molecule has 0 saturated carbocycles. The first kappa shape index (κ1) is 25.2. The van der Waals surface area contributed by atoms with Crippen molar-refractivity contribution in [2.24, 2.45) is 0 Å². The third-order valence-corrected chi connectivity index (χ3v) is 8.14. The van der Waals surface area contributed by atoms with Crippen LogP contribution in [0.25, 0.3) is 16.0 Å². The van der Waals surface area contributed by atoms with Gasteiger partial charge in [0.05, 0.1) is 33.4 Å². The van der Waals surface area contributed by atoms with Crippen LogP contribution in [0.15, 0.2) is 70.7 Å². The Morgan fingerprint density at radius 3 is 2.57 bits per heavy atom. The first-order valence-electron chi connectivity index (χ1n) is 11.8. The van der Waals surface area contributed by atoms with Crippen LogP contribution in [0.1, 0.15) is 48.1 Å². The van der Waals surface area contributed by atoms with Gasteiger partial charge in [0.1, 0.15) is 11.5 Å². The minimum atomic E-state index is -0.828. The molecule has 0 aliphatic carbocycles. The van der Waals surface area contributed by atoms with E-state index in [-0.39, 0.29) is 11.3 Å². The van der Waals surface area contributed by atoms with Crippen molar-refractivity contribution in [3.05, 3.63) is 93.0 Å². The highest BCUT2D eigenvalue weighted by Gasteiger charge is 2.48. The van der Waals surface area contributed by atoms with Gasteiger partial charge in [-0.1, -0.05) is 61.1 Å². The number of Topliss-reactive ketones (excluding diaryl/α,β-unsaturated/α-hetero) is 1. The van der Waals surface area contributed by atoms with Gasteiger partial charge in [-0.15, -0.1) is 0 Å². The van der Waals surface area contributed by atoms with Crippen molar-refractivity contribution >= 4 is 60.1 Å². The number of carbonyl (C=O) groups excluding carboxylic acids is 2. The molecular formula is C29H25BrN2O4S. The topological polar surface area (TPSA) is 79.7 Å². The summed E-state index contributed by atoms with van der Waals surface area (Å²) in [6.07, 6.45) is 0. The van der Waals surface area contributed by atoms with Gasteiger partial charge in [-0.2, -0.15) is 0 Å². The van der Waals surface area contributed by atoms with Crippen molar-refractivity contribution in [1.29, 1.82) is 0 Å². The summed E-state index contributed by atoms with van der Waals surface area (Å²) in [6, 6.07) is 17.8. The van der Waals surface area contributed by atoms with Gasteiger partial charge in [0.2, 0.25) is 0 Å². The normalized spacial score (nSPS) is 17.2. The monoisotopic (exact) mass is 576 g/mol. The van der Waals surface area contributed by atoms with Crippen LogP contribution in [0.3, 0.4) is 0 Å². The van der Waals surface area contributed by atoms with Gasteiger partial charge in [0, 0.05) is 5.56 Å². The number of hydrogen-bond donors (Lipinski definition) is 1. The zero-order valence-corrected chi connectivity index (χ0v) is 23.2. The average molecular weight is 578 g/mol. The minimum absolute atomic E-state index is 0.0230. The third-order valence-electron chi connectivity index (χ3n) is 6.50. The van der Waals surface area contributed by atoms with Gasteiger partial charge >= 0.3 is 5.91 Å². The number of benzene rings is 3. The number of methoxy groups -OCH3 is 1. The molecule has 1 aromatic heterocycles. The Labute approximate surface area is 227 Å². The van der Waals surface area contributed by atoms with E-state index in [1.54, 1.807) is 25.3 Å². The van der Waals surface area contributed by atoms with Gasteiger partial charge in [-0.05, 0) is 70.2 Å². The van der Waals surface area contributed by atoms with E-state index < -0.39 is 17.7 Å². The number of aliphatic hydroxyl groups is 1. The van der Waals surface area contributed by atoms with E-state index in [0.717, 1.165) is 21.3 Å². The summed E-state index contributed by atoms with van der Waals surface area (Å²) in [6.45, 7) is 6.19. The second-order valence-corrected chi connectivity index (χ2v) is 11.2. The van der Waals surface area contributed by atoms with Crippen molar-refractivity contribution in [2.75, 3.05) is 12.0 Å². The minimum Gasteiger partial charge on any atom is -0.507 e. The summed E-state index contributed by atoms with van der Waals surface area (Å²) >= 11 is 4.80. The first-order chi connectivity index (χ1) is 17.7. The van der Waals surface area contributed by atoms with E-state index in [4.69, 9.17) is 9.72 Å². The lowest BCUT2D eigenvalue weighted by molar-refractivity contribution is -0.132. The quantitative estimate of drug-likeness (QED) is 0.155. The SMILES string of the molecule is COc1ccc(/C(O)=C2\C(=O)C(=O)N(c3nc4ccc(C(C)C)cc4s3)C2c2cccc(C)c2)cc1Br. The summed E-state index contributed by atoms with van der Waals surface area (Å²) in [7, 11) is 1.55. The maximum atomic E-state index is 13.5. The zero-order chi connectivity index (χ0) is 26.4. The largest absolute Gasteiger partial charge is 0.507 e. The highest BCUT2D eigenvalue weighted by molar-refractivity contribution is 9.10. The van der Waals surface area contributed by atoms with Crippen molar-refractivity contribution < 1.29 is 19.4 Å². The number of carbonyl (C=O) groups is 2. The second kappa shape index (κ2) is 9.76. The van der Waals surface area contributed by atoms with Crippen LogP contribution in [0.2, 0.25) is 0 Å². The molecule has 1 aliphatic heterocycles. The molecule has 1 aliphatic rings. The molecule has 0 bridgehead atoms. The molecular weight excluding hydrogens is 552 g/mol. The lowest BCUT2D eigenvalue weighted by Crippen LogP contribution is -2.29. The lowest BCUT2D eigenvalue weighted by atomic mass is 9.94. The van der Waals surface area contributed by atoms with E-state index in [2.05, 4.69) is 35.8 Å². The number of ether oxygens (including phenoxy) is 1. The van der Waals surface area contributed by atoms with E-state index in [9.17, 15) is 14.7 Å². The Bertz CT molecular complexity index is 1590. The Kier molecular flexibility index (Phi) is 6.64. The van der Waals surface area contributed by atoms with Crippen LogP contribution in [-0.2, 0) is 9.59 Å². The number of anilines is 1. The molecule has 5 rings (SSSR count). The molecule has 3 aromatic carbocycles. The van der Waals surface area contributed by atoms with Crippen LogP contribution in [-0.4, -0.2) is 28.9 Å². The highest BCUT2D eigenvalue weighted by atomic mass is 79.9. The van der Waals surface area contributed by atoms with E-state index in [1.165, 1.54) is 21.8 Å². The number of aryl methyl sites for hydroxylation is 1. The molecule has 0 spiro atoms. The number of aliphatic hydroxyl groups excluding tert-OH is 1. The summed E-state index contributed by atoms with van der Waals surface area (Å²) in [5, 5.41) is 11.8. The van der Waals surface area contributed by atoms with E-state index >= 15 is 0 Å². The molecule has 1 fully saturated rings. The molecule has 1 unspecified atom stereocenters. The summed E-state index contributed by atoms with van der Waals surface area (Å²) in [5.41, 5.74) is 4.04. The number of amides is 1. The van der Waals surface area contributed by atoms with Crippen molar-refractivity contribution in [2.45, 2.75) is 32.7 Å². The summed E-state index contributed by atoms with van der Waals surface area (Å²) < 4.78 is 6.85. The Morgan fingerprint density at radius 2 is 1.89 bits per heavy atom. The predicted molar refractivity (Wildman–Crippen MR) is 150 cm³/mol. The van der Waals surface area contributed by atoms with Crippen molar-refractivity contribution in [3.8, 4) is 5.75 Å². The molecule has 2 heterocycles. The fourth-order valence-corrected chi connectivity index (χ4v) is 6.13. The zero-order valence-electron chi connectivity index (χ0n) is 20.8. The van der Waals surface area contributed by atoms with Gasteiger partial charge in [0.15, 0.2) is 5.13 Å². The van der Waals surface area contributed by atoms with Crippen molar-refractivity contribution in [1.82, 2.24) is 4.98 Å². The fourth-order valence-electron chi connectivity index (χ4n) is 4.55. The van der Waals surface area contributed by atoms with Crippen LogP contribution < -0.4 is 9.64 Å². The average Bonchev–Trinajstić information content (AvgIpc) is 3.41. The number of rotatable bonds is 5. The van der Waals surface area contributed by atoms with Gasteiger partial charge < -0.3 is 9.84 Å². The number of ketones is 1. The maximum Gasteiger partial charge on any atom is 0.301 e. The number of fused-ring (bicyclic) bond motifs is 1. The number of aromatic nitrogens is 1. The number of nitrogens with zero attached hydrogens (tertiary/aromatic N) is 2. The molecule has 1 saturated heterocycles. The fraction of sp³-hybridized carbons (Fsp3) is 0.207. The van der Waals surface area contributed by atoms with Gasteiger partial charge in [-0.25, -0.2) is 4.98 Å². The molecule has 4 aromatic rings. The molecule has 1 atom stereocenters. The lowest BCUT2D eigenvalue weighted by Gasteiger charge is -2.23. The van der Waals surface area contributed by atoms with Crippen molar-refractivity contribution in [3.63, 3.8) is 0 Å². The molecule has 37 heavy (non-hydrogen) atoms. The Morgan fingerprint density at radius 1 is 1.11 bits per heavy atom. The number of thiazole rings is 1. The molecule has 8 heteroatoms. The smallest absolute Gasteiger partial charge is 0.301 e. The van der Waals surface area contributed by atoms with Crippen LogP contribution >= 0.6 is 27.3 Å². The standard InChI is InChI=1S/C29H25BrN2O4S/c1-15(2)17-8-10-21-23(14-17)37-29(31-21)32-25(18-7-5-6-16(3)12-18)24(27(34)28(32)35)26(33)19-9-11-22(36-4)20(30)13-19/h5-15,25,33H,1-4H3/b26-24+. The van der Waals surface area contributed by atoms with Crippen LogP contribution in [0.4, 0.5) is 5.13 Å². The molecule has 188 valence electrons. The van der Waals surface area contributed by atoms with E-state index in [1.807, 2.05) is 43.3 Å². The number of hydrogen-bond acceptors (Lipinski definition) is 6. The first-order valence-corrected chi connectivity index (χ1v) is 13.4. The molecule has 1 N–H and O–H groups in total. The van der Waals surface area contributed by atoms with E-state index in [0.29, 0.717) is 26.8 Å². The molecule has 6 nitrogen and oxygen atoms in total. The summed E-state index contributed by atoms with van der Waals surface area (Å²) in [5.74, 6) is -0.788. The Balaban J connectivity index is 1.71. The number of halogens is 1. The molecule has 0 radical (unpaired) electrons. The maximum absolute atomic E-state index is 13.5. The predicted octanol–water partition coefficient (Wildman–Crippen LogP) is 7.13. The third kappa shape index (κ3) is 4.45.